The Hall–Kier alpha value is -0.850. The van der Waals surface area contributed by atoms with Crippen molar-refractivity contribution in [2.45, 2.75) is 121 Å². The van der Waals surface area contributed by atoms with E-state index in [0.29, 0.717) is 6.42 Å². The van der Waals surface area contributed by atoms with Crippen LogP contribution in [0.25, 0.3) is 0 Å². The fourth-order valence-corrected chi connectivity index (χ4v) is 4.88. The van der Waals surface area contributed by atoms with Crippen molar-refractivity contribution in [1.82, 2.24) is 0 Å². The van der Waals surface area contributed by atoms with Crippen LogP contribution in [-0.2, 0) is 33.2 Å². The van der Waals surface area contributed by atoms with Crippen molar-refractivity contribution in [2.24, 2.45) is 0 Å². The van der Waals surface area contributed by atoms with Crippen molar-refractivity contribution in [2.75, 3.05) is 66.1 Å². The molecule has 0 aromatic heterocycles. The minimum absolute atomic E-state index is 0.0941. The van der Waals surface area contributed by atoms with Crippen molar-refractivity contribution >= 4 is 5.97 Å². The molecule has 40 heavy (non-hydrogen) atoms. The van der Waals surface area contributed by atoms with E-state index >= 15 is 0 Å². The van der Waals surface area contributed by atoms with Crippen LogP contribution in [0, 0.1) is 0 Å². The van der Waals surface area contributed by atoms with E-state index in [9.17, 15) is 15.0 Å². The molecule has 0 aromatic carbocycles. The van der Waals surface area contributed by atoms with Gasteiger partial charge in [0.2, 0.25) is 0 Å². The molecule has 10 nitrogen and oxygen atoms in total. The van der Waals surface area contributed by atoms with Gasteiger partial charge in [0.15, 0.2) is 0 Å². The van der Waals surface area contributed by atoms with Gasteiger partial charge in [0.25, 0.3) is 0 Å². The van der Waals surface area contributed by atoms with Gasteiger partial charge in [-0.25, -0.2) is 0 Å². The summed E-state index contributed by atoms with van der Waals surface area (Å²) in [6.45, 7) is 2.91. The van der Waals surface area contributed by atoms with Gasteiger partial charge in [-0.3, -0.25) is 4.79 Å². The zero-order chi connectivity index (χ0) is 29.1. The Morgan fingerprint density at radius 3 is 1.93 bits per heavy atom. The molecule has 1 fully saturated rings. The second-order valence-electron chi connectivity index (χ2n) is 10.4. The quantitative estimate of drug-likeness (QED) is 0.0894. The van der Waals surface area contributed by atoms with Crippen LogP contribution in [-0.4, -0.2) is 112 Å². The molecule has 0 bridgehead atoms. The Morgan fingerprint density at radius 2 is 1.32 bits per heavy atom. The van der Waals surface area contributed by atoms with Crippen LogP contribution in [0.5, 0.6) is 0 Å². The van der Waals surface area contributed by atoms with Gasteiger partial charge >= 0.3 is 5.97 Å². The number of hydrogen-bond acceptors (Lipinski definition) is 10. The molecule has 1 saturated heterocycles. The first kappa shape index (κ1) is 37.2. The molecule has 1 heterocycles. The number of carbonyl (C=O) groups excluding carboxylic acids is 1. The normalized spacial score (nSPS) is 19.8. The van der Waals surface area contributed by atoms with E-state index in [4.69, 9.17) is 33.5 Å². The number of esters is 1. The van der Waals surface area contributed by atoms with Gasteiger partial charge in [-0.05, 0) is 6.42 Å². The molecule has 238 valence electrons. The topological polar surface area (TPSA) is 133 Å². The Kier molecular flexibility index (Phi) is 25.1. The minimum Gasteiger partial charge on any atom is -0.463 e. The Labute approximate surface area is 242 Å². The van der Waals surface area contributed by atoms with Crippen molar-refractivity contribution in [3.63, 3.8) is 0 Å². The first-order chi connectivity index (χ1) is 19.7. The summed E-state index contributed by atoms with van der Waals surface area (Å²) in [7, 11) is 0. The Bertz CT molecular complexity index is 565. The van der Waals surface area contributed by atoms with Crippen LogP contribution in [0.1, 0.15) is 96.8 Å². The summed E-state index contributed by atoms with van der Waals surface area (Å²) in [5.74, 6) is -0.208. The first-order valence-corrected chi connectivity index (χ1v) is 15.7. The molecule has 4 atom stereocenters. The van der Waals surface area contributed by atoms with E-state index in [1.807, 2.05) is 0 Å². The van der Waals surface area contributed by atoms with Gasteiger partial charge in [0, 0.05) is 6.42 Å². The van der Waals surface area contributed by atoms with Gasteiger partial charge in [-0.15, -0.1) is 0 Å². The number of hydrogen-bond donors (Lipinski definition) is 3. The predicted octanol–water partition coefficient (Wildman–Crippen LogP) is 3.56. The second kappa shape index (κ2) is 27.0. The van der Waals surface area contributed by atoms with Crippen molar-refractivity contribution < 1.29 is 48.5 Å². The van der Waals surface area contributed by atoms with Crippen molar-refractivity contribution in [1.29, 1.82) is 0 Å². The third-order valence-corrected chi connectivity index (χ3v) is 7.01. The summed E-state index contributed by atoms with van der Waals surface area (Å²) in [5.41, 5.74) is 0. The molecular formula is C30H58O10. The smallest absolute Gasteiger partial charge is 0.305 e. The van der Waals surface area contributed by atoms with Gasteiger partial charge < -0.3 is 43.7 Å². The minimum atomic E-state index is -0.555. The van der Waals surface area contributed by atoms with E-state index in [0.717, 1.165) is 12.8 Å². The van der Waals surface area contributed by atoms with Crippen molar-refractivity contribution in [3.8, 4) is 0 Å². The van der Waals surface area contributed by atoms with E-state index in [1.54, 1.807) is 0 Å². The van der Waals surface area contributed by atoms with Crippen LogP contribution in [0.15, 0.2) is 0 Å². The molecule has 3 N–H and O–H groups in total. The number of aliphatic hydroxyl groups is 3. The van der Waals surface area contributed by atoms with Gasteiger partial charge in [0.05, 0.1) is 59.5 Å². The molecule has 0 spiro atoms. The molecule has 10 heteroatoms. The van der Waals surface area contributed by atoms with Gasteiger partial charge in [0.1, 0.15) is 31.0 Å². The summed E-state index contributed by atoms with van der Waals surface area (Å²) in [4.78, 5) is 12.0. The van der Waals surface area contributed by atoms with E-state index in [-0.39, 0.29) is 72.0 Å². The number of rotatable bonds is 29. The first-order valence-electron chi connectivity index (χ1n) is 15.7. The highest BCUT2D eigenvalue weighted by Gasteiger charge is 2.44. The van der Waals surface area contributed by atoms with Crippen LogP contribution in [0.4, 0.5) is 0 Å². The zero-order valence-corrected chi connectivity index (χ0v) is 25.0. The van der Waals surface area contributed by atoms with E-state index < -0.39 is 24.4 Å². The van der Waals surface area contributed by atoms with Crippen LogP contribution in [0.3, 0.4) is 0 Å². The lowest BCUT2D eigenvalue weighted by molar-refractivity contribution is -0.149. The van der Waals surface area contributed by atoms with E-state index in [1.165, 1.54) is 70.6 Å². The maximum atomic E-state index is 12.0. The standard InChI is InChI=1S/C30H58O10/c1-2-3-4-5-6-7-8-9-10-11-12-13-14-15-28(34)38-23-22-35-24-26(36-19-16-31)30-29(39-21-18-33)27(25-40-30)37-20-17-32/h26-27,29-33H,2-25H2,1H3/t26?,27-,29+,30?/m1/s1. The molecule has 1 aliphatic rings. The molecule has 0 saturated carbocycles. The highest BCUT2D eigenvalue weighted by molar-refractivity contribution is 5.69. The molecule has 1 rings (SSSR count). The molecular weight excluding hydrogens is 520 g/mol. The molecule has 0 aromatic rings. The monoisotopic (exact) mass is 578 g/mol. The maximum absolute atomic E-state index is 12.0. The number of carbonyl (C=O) groups is 1. The molecule has 0 radical (unpaired) electrons. The Morgan fingerprint density at radius 1 is 0.750 bits per heavy atom. The van der Waals surface area contributed by atoms with Crippen LogP contribution >= 0.6 is 0 Å². The zero-order valence-electron chi connectivity index (χ0n) is 25.0. The highest BCUT2D eigenvalue weighted by atomic mass is 16.6. The third-order valence-electron chi connectivity index (χ3n) is 7.01. The van der Waals surface area contributed by atoms with E-state index in [2.05, 4.69) is 6.92 Å². The number of unbranched alkanes of at least 4 members (excludes halogenated alkanes) is 12. The lowest BCUT2D eigenvalue weighted by Crippen LogP contribution is -2.45. The predicted molar refractivity (Wildman–Crippen MR) is 152 cm³/mol. The summed E-state index contributed by atoms with van der Waals surface area (Å²) in [6, 6.07) is 0. The second-order valence-corrected chi connectivity index (χ2v) is 10.4. The molecule has 2 unspecified atom stereocenters. The van der Waals surface area contributed by atoms with Gasteiger partial charge in [-0.2, -0.15) is 0 Å². The number of ether oxygens (including phenoxy) is 6. The third kappa shape index (κ3) is 18.6. The average molecular weight is 579 g/mol. The molecule has 0 amide bonds. The summed E-state index contributed by atoms with van der Waals surface area (Å²) in [6.07, 6.45) is 14.8. The number of aliphatic hydroxyl groups excluding tert-OH is 3. The lowest BCUT2D eigenvalue weighted by Gasteiger charge is -2.29. The average Bonchev–Trinajstić information content (AvgIpc) is 3.36. The lowest BCUT2D eigenvalue weighted by atomic mass is 10.0. The molecule has 1 aliphatic heterocycles. The van der Waals surface area contributed by atoms with Gasteiger partial charge in [-0.1, -0.05) is 84.0 Å². The highest BCUT2D eigenvalue weighted by Crippen LogP contribution is 2.25. The molecule has 0 aliphatic carbocycles. The van der Waals surface area contributed by atoms with Crippen molar-refractivity contribution in [3.05, 3.63) is 0 Å². The summed E-state index contributed by atoms with van der Waals surface area (Å²) < 4.78 is 34.0. The fourth-order valence-electron chi connectivity index (χ4n) is 4.88. The van der Waals surface area contributed by atoms with Crippen LogP contribution in [0.2, 0.25) is 0 Å². The largest absolute Gasteiger partial charge is 0.463 e. The SMILES string of the molecule is CCCCCCCCCCCCCCCC(=O)OCCOCC(OCCO)C1OC[C@@H](OCCO)[C@@H]1OCCO. The maximum Gasteiger partial charge on any atom is 0.305 e. The summed E-state index contributed by atoms with van der Waals surface area (Å²) in [5, 5.41) is 27.5. The Balaban J connectivity index is 2.15. The fraction of sp³-hybridized carbons (Fsp3) is 0.967. The van der Waals surface area contributed by atoms with Crippen LogP contribution < -0.4 is 0 Å². The summed E-state index contributed by atoms with van der Waals surface area (Å²) >= 11 is 0.